The summed E-state index contributed by atoms with van der Waals surface area (Å²) in [4.78, 5) is 22.8. The van der Waals surface area contributed by atoms with E-state index in [-0.39, 0.29) is 5.57 Å². The summed E-state index contributed by atoms with van der Waals surface area (Å²) < 4.78 is 9.03. The van der Waals surface area contributed by atoms with Gasteiger partial charge in [0.2, 0.25) is 0 Å². The van der Waals surface area contributed by atoms with Gasteiger partial charge in [0.15, 0.2) is 0 Å². The van der Waals surface area contributed by atoms with Gasteiger partial charge in [-0.1, -0.05) is 35.9 Å². The highest BCUT2D eigenvalue weighted by molar-refractivity contribution is 6.31. The van der Waals surface area contributed by atoms with Crippen molar-refractivity contribution in [2.75, 3.05) is 14.2 Å². The summed E-state index contributed by atoms with van der Waals surface area (Å²) in [7, 11) is 2.41. The molecule has 0 aromatic heterocycles. The molecule has 0 radical (unpaired) electrons. The van der Waals surface area contributed by atoms with Crippen molar-refractivity contribution in [3.63, 3.8) is 0 Å². The minimum absolute atomic E-state index is 0.139. The van der Waals surface area contributed by atoms with E-state index in [1.807, 2.05) is 12.1 Å². The highest BCUT2D eigenvalue weighted by Crippen LogP contribution is 2.16. The van der Waals surface area contributed by atoms with Crippen molar-refractivity contribution in [1.29, 1.82) is 0 Å². The van der Waals surface area contributed by atoms with Gasteiger partial charge in [0.25, 0.3) is 0 Å². The lowest BCUT2D eigenvalue weighted by Crippen LogP contribution is -2.16. The normalized spacial score (nSPS) is 9.50. The van der Waals surface area contributed by atoms with Gasteiger partial charge in [0, 0.05) is 5.02 Å². The van der Waals surface area contributed by atoms with E-state index in [0.29, 0.717) is 11.4 Å². The Morgan fingerprint density at radius 2 is 1.72 bits per heavy atom. The number of methoxy groups -OCH3 is 2. The summed E-state index contributed by atoms with van der Waals surface area (Å²) in [5.74, 6) is -1.46. The number of rotatable bonds is 4. The van der Waals surface area contributed by atoms with Gasteiger partial charge in [-0.2, -0.15) is 0 Å². The molecule has 18 heavy (non-hydrogen) atoms. The van der Waals surface area contributed by atoms with Crippen LogP contribution in [0.5, 0.6) is 0 Å². The molecule has 0 bridgehead atoms. The summed E-state index contributed by atoms with van der Waals surface area (Å²) in [6.07, 6.45) is 1.79. The van der Waals surface area contributed by atoms with Crippen molar-refractivity contribution >= 4 is 23.5 Å². The summed E-state index contributed by atoms with van der Waals surface area (Å²) in [6.45, 7) is 0. The van der Waals surface area contributed by atoms with Gasteiger partial charge in [-0.25, -0.2) is 9.59 Å². The first kappa shape index (κ1) is 14.3. The highest BCUT2D eigenvalue weighted by atomic mass is 35.5. The third-order valence-electron chi connectivity index (χ3n) is 2.29. The lowest BCUT2D eigenvalue weighted by Gasteiger charge is -2.04. The predicted molar refractivity (Wildman–Crippen MR) is 67.3 cm³/mol. The van der Waals surface area contributed by atoms with Crippen LogP contribution in [-0.2, 0) is 25.5 Å². The van der Waals surface area contributed by atoms with E-state index in [9.17, 15) is 9.59 Å². The Bertz CT molecular complexity index is 462. The van der Waals surface area contributed by atoms with Crippen LogP contribution in [-0.4, -0.2) is 26.2 Å². The molecule has 1 rings (SSSR count). The maximum atomic E-state index is 11.4. The van der Waals surface area contributed by atoms with Gasteiger partial charge in [0.1, 0.15) is 5.57 Å². The largest absolute Gasteiger partial charge is 0.465 e. The average molecular weight is 269 g/mol. The second kappa shape index (κ2) is 6.81. The number of esters is 2. The lowest BCUT2D eigenvalue weighted by atomic mass is 10.1. The molecule has 96 valence electrons. The molecule has 5 heteroatoms. The fraction of sp³-hybridized carbons (Fsp3) is 0.231. The van der Waals surface area contributed by atoms with Crippen LogP contribution < -0.4 is 0 Å². The van der Waals surface area contributed by atoms with E-state index in [0.717, 1.165) is 5.56 Å². The van der Waals surface area contributed by atoms with Gasteiger partial charge in [0.05, 0.1) is 14.2 Å². The second-order valence-electron chi connectivity index (χ2n) is 3.40. The first-order valence-corrected chi connectivity index (χ1v) is 5.58. The Kier molecular flexibility index (Phi) is 5.39. The van der Waals surface area contributed by atoms with Crippen molar-refractivity contribution in [2.24, 2.45) is 0 Å². The van der Waals surface area contributed by atoms with Crippen LogP contribution in [0, 0.1) is 0 Å². The molecular weight excluding hydrogens is 256 g/mol. The minimum Gasteiger partial charge on any atom is -0.465 e. The molecule has 0 fully saturated rings. The average Bonchev–Trinajstić information content (AvgIpc) is 2.40. The van der Waals surface area contributed by atoms with Crippen LogP contribution in [0.2, 0.25) is 5.02 Å². The third kappa shape index (κ3) is 3.60. The smallest absolute Gasteiger partial charge is 0.344 e. The molecule has 1 aromatic rings. The first-order valence-electron chi connectivity index (χ1n) is 5.20. The van der Waals surface area contributed by atoms with Crippen molar-refractivity contribution in [2.45, 2.75) is 6.42 Å². The monoisotopic (exact) mass is 268 g/mol. The Hall–Kier alpha value is -1.81. The highest BCUT2D eigenvalue weighted by Gasteiger charge is 2.19. The quantitative estimate of drug-likeness (QED) is 0.363. The maximum Gasteiger partial charge on any atom is 0.344 e. The number of halogens is 1. The minimum atomic E-state index is -0.728. The van der Waals surface area contributed by atoms with Crippen LogP contribution in [0.3, 0.4) is 0 Å². The molecule has 0 spiro atoms. The molecule has 0 saturated heterocycles. The summed E-state index contributed by atoms with van der Waals surface area (Å²) in [6, 6.07) is 7.17. The molecule has 0 heterocycles. The van der Waals surface area contributed by atoms with Crippen LogP contribution in [0.1, 0.15) is 5.56 Å². The Labute approximate surface area is 110 Å². The molecule has 0 aliphatic carbocycles. The zero-order valence-corrected chi connectivity index (χ0v) is 10.9. The number of hydrogen-bond donors (Lipinski definition) is 0. The molecule has 0 atom stereocenters. The van der Waals surface area contributed by atoms with Crippen molar-refractivity contribution in [1.82, 2.24) is 0 Å². The van der Waals surface area contributed by atoms with Gasteiger partial charge in [-0.15, -0.1) is 0 Å². The van der Waals surface area contributed by atoms with Gasteiger partial charge in [-0.3, -0.25) is 0 Å². The number of allylic oxidation sites excluding steroid dienone is 1. The number of benzene rings is 1. The fourth-order valence-corrected chi connectivity index (χ4v) is 1.56. The summed E-state index contributed by atoms with van der Waals surface area (Å²) in [5, 5.41) is 0.572. The van der Waals surface area contributed by atoms with E-state index < -0.39 is 11.9 Å². The van der Waals surface area contributed by atoms with Crippen LogP contribution >= 0.6 is 11.6 Å². The topological polar surface area (TPSA) is 52.6 Å². The molecule has 0 saturated carbocycles. The van der Waals surface area contributed by atoms with Gasteiger partial charge >= 0.3 is 11.9 Å². The standard InChI is InChI=1S/C13H13ClO4/c1-17-12(15)10(13(16)18-2)8-7-9-5-3-4-6-11(9)14/h3-6,8H,7H2,1-2H3. The number of carbonyl (C=O) groups is 2. The predicted octanol–water partition coefficient (Wildman–Crippen LogP) is 2.15. The SMILES string of the molecule is COC(=O)C(=CCc1ccccc1Cl)C(=O)OC. The van der Waals surface area contributed by atoms with E-state index in [2.05, 4.69) is 9.47 Å². The molecule has 4 nitrogen and oxygen atoms in total. The van der Waals surface area contributed by atoms with Crippen LogP contribution in [0.15, 0.2) is 35.9 Å². The van der Waals surface area contributed by atoms with Crippen molar-refractivity contribution in [3.05, 3.63) is 46.5 Å². The number of hydrogen-bond acceptors (Lipinski definition) is 4. The Morgan fingerprint density at radius 3 is 2.22 bits per heavy atom. The molecule has 0 amide bonds. The van der Waals surface area contributed by atoms with Crippen molar-refractivity contribution in [3.8, 4) is 0 Å². The number of carbonyl (C=O) groups excluding carboxylic acids is 2. The zero-order chi connectivity index (χ0) is 13.5. The van der Waals surface area contributed by atoms with E-state index in [4.69, 9.17) is 11.6 Å². The van der Waals surface area contributed by atoms with E-state index >= 15 is 0 Å². The Balaban J connectivity index is 2.94. The molecule has 0 N–H and O–H groups in total. The van der Waals surface area contributed by atoms with Gasteiger partial charge < -0.3 is 9.47 Å². The first-order chi connectivity index (χ1) is 8.60. The molecule has 0 aliphatic rings. The lowest BCUT2D eigenvalue weighted by molar-refractivity contribution is -0.144. The third-order valence-corrected chi connectivity index (χ3v) is 2.66. The molecule has 1 aromatic carbocycles. The summed E-state index contributed by atoms with van der Waals surface area (Å²) in [5.41, 5.74) is 0.671. The fourth-order valence-electron chi connectivity index (χ4n) is 1.35. The molecule has 0 unspecified atom stereocenters. The summed E-state index contributed by atoms with van der Waals surface area (Å²) >= 11 is 5.97. The van der Waals surface area contributed by atoms with Crippen LogP contribution in [0.25, 0.3) is 0 Å². The van der Waals surface area contributed by atoms with Crippen LogP contribution in [0.4, 0.5) is 0 Å². The van der Waals surface area contributed by atoms with Crippen molar-refractivity contribution < 1.29 is 19.1 Å². The number of ether oxygens (including phenoxy) is 2. The van der Waals surface area contributed by atoms with Gasteiger partial charge in [-0.05, 0) is 18.1 Å². The Morgan fingerprint density at radius 1 is 1.17 bits per heavy atom. The molecular formula is C13H13ClO4. The molecule has 0 aliphatic heterocycles. The van der Waals surface area contributed by atoms with E-state index in [1.54, 1.807) is 12.1 Å². The zero-order valence-electron chi connectivity index (χ0n) is 10.1. The maximum absolute atomic E-state index is 11.4. The van der Waals surface area contributed by atoms with E-state index in [1.165, 1.54) is 20.3 Å². The second-order valence-corrected chi connectivity index (χ2v) is 3.80.